The zero-order valence-corrected chi connectivity index (χ0v) is 12.7. The van der Waals surface area contributed by atoms with Gasteiger partial charge in [0, 0.05) is 30.9 Å². The highest BCUT2D eigenvalue weighted by molar-refractivity contribution is 5.96. The summed E-state index contributed by atoms with van der Waals surface area (Å²) in [7, 11) is 0. The lowest BCUT2D eigenvalue weighted by Gasteiger charge is -2.25. The third-order valence-electron chi connectivity index (χ3n) is 3.98. The molecule has 1 saturated heterocycles. The van der Waals surface area contributed by atoms with Crippen LogP contribution in [-0.2, 0) is 0 Å². The lowest BCUT2D eigenvalue weighted by molar-refractivity contribution is 0.0741. The Morgan fingerprint density at radius 2 is 1.80 bits per heavy atom. The van der Waals surface area contributed by atoms with Crippen molar-refractivity contribution in [1.29, 1.82) is 0 Å². The average Bonchev–Trinajstić information content (AvgIpc) is 2.38. The van der Waals surface area contributed by atoms with Crippen LogP contribution in [0.5, 0.6) is 0 Å². The molecule has 0 aromatic heterocycles. The third-order valence-corrected chi connectivity index (χ3v) is 3.98. The van der Waals surface area contributed by atoms with E-state index >= 15 is 0 Å². The van der Waals surface area contributed by atoms with Crippen molar-refractivity contribution in [2.24, 2.45) is 0 Å². The van der Waals surface area contributed by atoms with Crippen LogP contribution in [0.15, 0.2) is 18.2 Å². The molecule has 0 atom stereocenters. The molecule has 2 rings (SSSR count). The molecule has 3 nitrogen and oxygen atoms in total. The van der Waals surface area contributed by atoms with Crippen molar-refractivity contribution in [1.82, 2.24) is 4.90 Å². The van der Waals surface area contributed by atoms with E-state index in [1.165, 1.54) is 19.3 Å². The van der Waals surface area contributed by atoms with E-state index in [0.717, 1.165) is 49.3 Å². The Balaban J connectivity index is 2.10. The van der Waals surface area contributed by atoms with Crippen molar-refractivity contribution < 1.29 is 4.79 Å². The van der Waals surface area contributed by atoms with Gasteiger partial charge in [-0.15, -0.1) is 0 Å². The molecule has 0 unspecified atom stereocenters. The number of nitrogens with one attached hydrogen (secondary N) is 1. The van der Waals surface area contributed by atoms with Gasteiger partial charge in [-0.05, 0) is 50.5 Å². The maximum absolute atomic E-state index is 12.7. The molecule has 3 heteroatoms. The smallest absolute Gasteiger partial charge is 0.254 e. The van der Waals surface area contributed by atoms with E-state index in [1.807, 2.05) is 24.0 Å². The molecular formula is C17H26N2O. The first-order chi connectivity index (χ1) is 9.72. The van der Waals surface area contributed by atoms with Gasteiger partial charge in [-0.2, -0.15) is 0 Å². The molecule has 0 radical (unpaired) electrons. The normalized spacial score (nSPS) is 16.4. The lowest BCUT2D eigenvalue weighted by Crippen LogP contribution is -2.34. The monoisotopic (exact) mass is 274 g/mol. The number of aryl methyl sites for hydroxylation is 1. The summed E-state index contributed by atoms with van der Waals surface area (Å²) in [5, 5.41) is 3.29. The second-order valence-corrected chi connectivity index (χ2v) is 5.62. The molecule has 1 fully saturated rings. The zero-order chi connectivity index (χ0) is 14.4. The third kappa shape index (κ3) is 3.75. The minimum absolute atomic E-state index is 0.201. The van der Waals surface area contributed by atoms with Gasteiger partial charge in [0.2, 0.25) is 0 Å². The van der Waals surface area contributed by atoms with E-state index in [9.17, 15) is 4.79 Å². The Morgan fingerprint density at radius 3 is 2.40 bits per heavy atom. The Morgan fingerprint density at radius 1 is 1.15 bits per heavy atom. The zero-order valence-electron chi connectivity index (χ0n) is 12.7. The molecule has 0 spiro atoms. The first-order valence-electron chi connectivity index (χ1n) is 7.86. The lowest BCUT2D eigenvalue weighted by atomic mass is 10.0. The predicted molar refractivity (Wildman–Crippen MR) is 84.3 cm³/mol. The van der Waals surface area contributed by atoms with E-state index in [0.29, 0.717) is 0 Å². The molecule has 0 aliphatic carbocycles. The topological polar surface area (TPSA) is 32.3 Å². The number of nitrogens with zero attached hydrogens (tertiary/aromatic N) is 1. The van der Waals surface area contributed by atoms with Crippen molar-refractivity contribution >= 4 is 11.6 Å². The number of amides is 1. The molecule has 1 amide bonds. The van der Waals surface area contributed by atoms with Gasteiger partial charge in [-0.1, -0.05) is 19.3 Å². The van der Waals surface area contributed by atoms with Crippen molar-refractivity contribution in [2.45, 2.75) is 46.0 Å². The number of carbonyl (C=O) groups is 1. The summed E-state index contributed by atoms with van der Waals surface area (Å²) in [6, 6.07) is 6.04. The number of rotatable bonds is 3. The van der Waals surface area contributed by atoms with Gasteiger partial charge in [-0.3, -0.25) is 4.79 Å². The summed E-state index contributed by atoms with van der Waals surface area (Å²) in [4.78, 5) is 14.7. The summed E-state index contributed by atoms with van der Waals surface area (Å²) >= 11 is 0. The van der Waals surface area contributed by atoms with E-state index in [2.05, 4.69) is 18.3 Å². The highest BCUT2D eigenvalue weighted by Gasteiger charge is 2.18. The number of hydrogen-bond acceptors (Lipinski definition) is 2. The standard InChI is InChI=1S/C17H26N2O/c1-3-18-15-9-10-16(14(2)13-15)17(20)19-11-7-5-4-6-8-12-19/h9-10,13,18H,3-8,11-12H2,1-2H3. The van der Waals surface area contributed by atoms with E-state index in [4.69, 9.17) is 0 Å². The van der Waals surface area contributed by atoms with Crippen LogP contribution in [0.25, 0.3) is 0 Å². The molecule has 1 N–H and O–H groups in total. The highest BCUT2D eigenvalue weighted by Crippen LogP contribution is 2.19. The Labute approximate surface area is 122 Å². The second kappa shape index (κ2) is 7.32. The van der Waals surface area contributed by atoms with Crippen LogP contribution < -0.4 is 5.32 Å². The van der Waals surface area contributed by atoms with E-state index in [-0.39, 0.29) is 5.91 Å². The number of benzene rings is 1. The summed E-state index contributed by atoms with van der Waals surface area (Å²) in [6.45, 7) is 6.83. The van der Waals surface area contributed by atoms with Gasteiger partial charge >= 0.3 is 0 Å². The summed E-state index contributed by atoms with van der Waals surface area (Å²) in [5.41, 5.74) is 3.01. The summed E-state index contributed by atoms with van der Waals surface area (Å²) in [6.07, 6.45) is 6.10. The first kappa shape index (κ1) is 14.9. The van der Waals surface area contributed by atoms with E-state index < -0.39 is 0 Å². The Hall–Kier alpha value is -1.51. The van der Waals surface area contributed by atoms with Gasteiger partial charge in [0.25, 0.3) is 5.91 Å². The molecule has 1 aliphatic heterocycles. The van der Waals surface area contributed by atoms with Crippen molar-refractivity contribution in [3.8, 4) is 0 Å². The first-order valence-corrected chi connectivity index (χ1v) is 7.86. The van der Waals surface area contributed by atoms with Crippen LogP contribution in [0.3, 0.4) is 0 Å². The van der Waals surface area contributed by atoms with Crippen LogP contribution >= 0.6 is 0 Å². The van der Waals surface area contributed by atoms with Gasteiger partial charge in [-0.25, -0.2) is 0 Å². The molecule has 1 aliphatic rings. The van der Waals surface area contributed by atoms with Crippen LogP contribution in [0.4, 0.5) is 5.69 Å². The fraction of sp³-hybridized carbons (Fsp3) is 0.588. The molecule has 20 heavy (non-hydrogen) atoms. The molecule has 0 saturated carbocycles. The molecule has 1 aromatic rings. The van der Waals surface area contributed by atoms with Gasteiger partial charge < -0.3 is 10.2 Å². The minimum atomic E-state index is 0.201. The molecule has 110 valence electrons. The molecular weight excluding hydrogens is 248 g/mol. The molecule has 1 heterocycles. The van der Waals surface area contributed by atoms with Gasteiger partial charge in [0.05, 0.1) is 0 Å². The van der Waals surface area contributed by atoms with Gasteiger partial charge in [0.1, 0.15) is 0 Å². The fourth-order valence-corrected chi connectivity index (χ4v) is 2.84. The molecule has 0 bridgehead atoms. The number of likely N-dealkylation sites (tertiary alicyclic amines) is 1. The SMILES string of the molecule is CCNc1ccc(C(=O)N2CCCCCCC2)c(C)c1. The summed E-state index contributed by atoms with van der Waals surface area (Å²) < 4.78 is 0. The van der Waals surface area contributed by atoms with Crippen LogP contribution in [0.2, 0.25) is 0 Å². The predicted octanol–water partition coefficient (Wildman–Crippen LogP) is 3.83. The average molecular weight is 274 g/mol. The van der Waals surface area contributed by atoms with Crippen molar-refractivity contribution in [2.75, 3.05) is 25.0 Å². The maximum atomic E-state index is 12.7. The van der Waals surface area contributed by atoms with Crippen LogP contribution in [0, 0.1) is 6.92 Å². The summed E-state index contributed by atoms with van der Waals surface area (Å²) in [5.74, 6) is 0.201. The second-order valence-electron chi connectivity index (χ2n) is 5.62. The highest BCUT2D eigenvalue weighted by atomic mass is 16.2. The number of hydrogen-bond donors (Lipinski definition) is 1. The van der Waals surface area contributed by atoms with Crippen molar-refractivity contribution in [3.05, 3.63) is 29.3 Å². The molecule has 1 aromatic carbocycles. The minimum Gasteiger partial charge on any atom is -0.385 e. The van der Waals surface area contributed by atoms with Crippen molar-refractivity contribution in [3.63, 3.8) is 0 Å². The fourth-order valence-electron chi connectivity index (χ4n) is 2.84. The van der Waals surface area contributed by atoms with E-state index in [1.54, 1.807) is 0 Å². The van der Waals surface area contributed by atoms with Crippen LogP contribution in [-0.4, -0.2) is 30.4 Å². The van der Waals surface area contributed by atoms with Crippen LogP contribution in [0.1, 0.15) is 54.9 Å². The number of carbonyl (C=O) groups excluding carboxylic acids is 1. The quantitative estimate of drug-likeness (QED) is 0.908. The van der Waals surface area contributed by atoms with Gasteiger partial charge in [0.15, 0.2) is 0 Å². The maximum Gasteiger partial charge on any atom is 0.254 e. The Bertz CT molecular complexity index is 448. The largest absolute Gasteiger partial charge is 0.385 e. The Kier molecular flexibility index (Phi) is 5.45. The number of anilines is 1.